The Kier molecular flexibility index (Phi) is 5.25. The summed E-state index contributed by atoms with van der Waals surface area (Å²) in [6, 6.07) is 13.0. The zero-order chi connectivity index (χ0) is 17.9. The van der Waals surface area contributed by atoms with Crippen LogP contribution in [0, 0.1) is 5.82 Å². The first-order chi connectivity index (χ1) is 12.7. The van der Waals surface area contributed by atoms with Gasteiger partial charge in [-0.2, -0.15) is 0 Å². The van der Waals surface area contributed by atoms with Gasteiger partial charge in [0, 0.05) is 47.4 Å². The molecule has 2 heterocycles. The molecule has 0 bridgehead atoms. The predicted octanol–water partition coefficient (Wildman–Crippen LogP) is 4.75. The van der Waals surface area contributed by atoms with Gasteiger partial charge in [-0.25, -0.2) is 4.39 Å². The molecule has 0 spiro atoms. The maximum Gasteiger partial charge on any atom is 0.129 e. The summed E-state index contributed by atoms with van der Waals surface area (Å²) in [6.07, 6.45) is 4.69. The van der Waals surface area contributed by atoms with Crippen molar-refractivity contribution < 1.29 is 9.13 Å². The number of hydrogen-bond acceptors (Lipinski definition) is 2. The van der Waals surface area contributed by atoms with E-state index in [4.69, 9.17) is 16.3 Å². The lowest BCUT2D eigenvalue weighted by Gasteiger charge is -2.10. The van der Waals surface area contributed by atoms with Crippen LogP contribution in [0.2, 0.25) is 5.02 Å². The highest BCUT2D eigenvalue weighted by atomic mass is 35.5. The van der Waals surface area contributed by atoms with Crippen molar-refractivity contribution in [1.29, 1.82) is 0 Å². The molecule has 0 radical (unpaired) electrons. The SMILES string of the molecule is Fc1cccc(Cl)c1Cn1cc(CNC[C@H]2CCCO2)c2ccccc21. The van der Waals surface area contributed by atoms with Gasteiger partial charge < -0.3 is 14.6 Å². The van der Waals surface area contributed by atoms with Crippen LogP contribution in [0.4, 0.5) is 4.39 Å². The lowest BCUT2D eigenvalue weighted by Crippen LogP contribution is -2.25. The summed E-state index contributed by atoms with van der Waals surface area (Å²) >= 11 is 6.21. The van der Waals surface area contributed by atoms with Gasteiger partial charge in [-0.15, -0.1) is 0 Å². The number of fused-ring (bicyclic) bond motifs is 1. The Bertz CT molecular complexity index is 882. The van der Waals surface area contributed by atoms with Crippen LogP contribution in [0.25, 0.3) is 10.9 Å². The molecule has 3 nitrogen and oxygen atoms in total. The van der Waals surface area contributed by atoms with Crippen LogP contribution in [0.3, 0.4) is 0 Å². The highest BCUT2D eigenvalue weighted by Crippen LogP contribution is 2.26. The van der Waals surface area contributed by atoms with Crippen molar-refractivity contribution in [2.24, 2.45) is 0 Å². The molecule has 1 saturated heterocycles. The molecule has 0 saturated carbocycles. The Morgan fingerprint density at radius 2 is 2.08 bits per heavy atom. The van der Waals surface area contributed by atoms with Crippen molar-refractivity contribution in [3.63, 3.8) is 0 Å². The number of para-hydroxylation sites is 1. The number of nitrogens with one attached hydrogen (secondary N) is 1. The van der Waals surface area contributed by atoms with Crippen LogP contribution >= 0.6 is 11.6 Å². The average molecular weight is 373 g/mol. The van der Waals surface area contributed by atoms with Gasteiger partial charge >= 0.3 is 0 Å². The number of rotatable bonds is 6. The lowest BCUT2D eigenvalue weighted by atomic mass is 10.1. The van der Waals surface area contributed by atoms with E-state index in [0.717, 1.165) is 38.1 Å². The zero-order valence-electron chi connectivity index (χ0n) is 14.6. The summed E-state index contributed by atoms with van der Waals surface area (Å²) in [5, 5.41) is 5.14. The van der Waals surface area contributed by atoms with Crippen molar-refractivity contribution in [2.75, 3.05) is 13.2 Å². The molecule has 1 aliphatic rings. The third-order valence-electron chi connectivity index (χ3n) is 4.97. The lowest BCUT2D eigenvalue weighted by molar-refractivity contribution is 0.110. The van der Waals surface area contributed by atoms with E-state index in [-0.39, 0.29) is 5.82 Å². The van der Waals surface area contributed by atoms with E-state index in [1.54, 1.807) is 12.1 Å². The van der Waals surface area contributed by atoms with Gasteiger partial charge in [0.1, 0.15) is 5.82 Å². The maximum atomic E-state index is 14.2. The first-order valence-electron chi connectivity index (χ1n) is 9.04. The smallest absolute Gasteiger partial charge is 0.129 e. The van der Waals surface area contributed by atoms with Gasteiger partial charge in [-0.05, 0) is 36.6 Å². The molecule has 136 valence electrons. The molecule has 0 aliphatic carbocycles. The third-order valence-corrected chi connectivity index (χ3v) is 5.33. The highest BCUT2D eigenvalue weighted by Gasteiger charge is 2.16. The Morgan fingerprint density at radius 1 is 1.19 bits per heavy atom. The van der Waals surface area contributed by atoms with Crippen molar-refractivity contribution in [1.82, 2.24) is 9.88 Å². The van der Waals surface area contributed by atoms with E-state index in [1.807, 2.05) is 12.1 Å². The maximum absolute atomic E-state index is 14.2. The topological polar surface area (TPSA) is 26.2 Å². The Labute approximate surface area is 157 Å². The van der Waals surface area contributed by atoms with Crippen LogP contribution in [-0.2, 0) is 17.8 Å². The minimum atomic E-state index is -0.270. The van der Waals surface area contributed by atoms with E-state index < -0.39 is 0 Å². The second-order valence-electron chi connectivity index (χ2n) is 6.77. The van der Waals surface area contributed by atoms with Gasteiger partial charge in [-0.1, -0.05) is 35.9 Å². The fourth-order valence-electron chi connectivity index (χ4n) is 3.62. The molecular formula is C21H22ClFN2O. The Hall–Kier alpha value is -1.88. The van der Waals surface area contributed by atoms with Gasteiger partial charge in [-0.3, -0.25) is 0 Å². The standard InChI is InChI=1S/C21H22ClFN2O/c22-19-7-3-8-20(23)18(19)14-25-13-15(17-6-1-2-9-21(17)25)11-24-12-16-5-4-10-26-16/h1-3,6-9,13,16,24H,4-5,10-12,14H2/t16-/m1/s1. The molecule has 1 N–H and O–H groups in total. The van der Waals surface area contributed by atoms with E-state index in [9.17, 15) is 4.39 Å². The number of nitrogens with zero attached hydrogens (tertiary/aromatic N) is 1. The number of benzene rings is 2. The predicted molar refractivity (Wildman–Crippen MR) is 103 cm³/mol. The molecule has 26 heavy (non-hydrogen) atoms. The molecule has 1 atom stereocenters. The molecular weight excluding hydrogens is 351 g/mol. The van der Waals surface area contributed by atoms with Gasteiger partial charge in [0.05, 0.1) is 12.6 Å². The molecule has 5 heteroatoms. The zero-order valence-corrected chi connectivity index (χ0v) is 15.3. The monoisotopic (exact) mass is 372 g/mol. The largest absolute Gasteiger partial charge is 0.377 e. The van der Waals surface area contributed by atoms with Crippen molar-refractivity contribution in [3.8, 4) is 0 Å². The summed E-state index contributed by atoms with van der Waals surface area (Å²) < 4.78 is 21.9. The van der Waals surface area contributed by atoms with Crippen molar-refractivity contribution in [2.45, 2.75) is 32.0 Å². The van der Waals surface area contributed by atoms with Gasteiger partial charge in [0.2, 0.25) is 0 Å². The number of halogens is 2. The second-order valence-corrected chi connectivity index (χ2v) is 7.17. The summed E-state index contributed by atoms with van der Waals surface area (Å²) in [4.78, 5) is 0. The van der Waals surface area contributed by atoms with Crippen molar-refractivity contribution in [3.05, 3.63) is 70.6 Å². The molecule has 1 aliphatic heterocycles. The van der Waals surface area contributed by atoms with E-state index in [2.05, 4.69) is 28.2 Å². The number of hydrogen-bond donors (Lipinski definition) is 1. The van der Waals surface area contributed by atoms with Crippen LogP contribution in [0.5, 0.6) is 0 Å². The van der Waals surface area contributed by atoms with Gasteiger partial charge in [0.15, 0.2) is 0 Å². The van der Waals surface area contributed by atoms with E-state index in [1.165, 1.54) is 17.0 Å². The molecule has 2 aromatic carbocycles. The summed E-state index contributed by atoms with van der Waals surface area (Å²) in [7, 11) is 0. The number of aromatic nitrogens is 1. The fraction of sp³-hybridized carbons (Fsp3) is 0.333. The van der Waals surface area contributed by atoms with Crippen LogP contribution in [0.15, 0.2) is 48.7 Å². The molecule has 1 fully saturated rings. The van der Waals surface area contributed by atoms with Gasteiger partial charge in [0.25, 0.3) is 0 Å². The van der Waals surface area contributed by atoms with E-state index in [0.29, 0.717) is 23.2 Å². The minimum Gasteiger partial charge on any atom is -0.377 e. The van der Waals surface area contributed by atoms with Crippen LogP contribution in [-0.4, -0.2) is 23.8 Å². The molecule has 3 aromatic rings. The second kappa shape index (κ2) is 7.78. The third kappa shape index (κ3) is 3.63. The van der Waals surface area contributed by atoms with Crippen LogP contribution in [0.1, 0.15) is 24.0 Å². The fourth-order valence-corrected chi connectivity index (χ4v) is 3.84. The first kappa shape index (κ1) is 17.5. The number of ether oxygens (including phenoxy) is 1. The average Bonchev–Trinajstić information content (AvgIpc) is 3.27. The summed E-state index contributed by atoms with van der Waals surface area (Å²) in [5.41, 5.74) is 2.81. The minimum absolute atomic E-state index is 0.270. The first-order valence-corrected chi connectivity index (χ1v) is 9.42. The molecule has 4 rings (SSSR count). The van der Waals surface area contributed by atoms with Crippen LogP contribution < -0.4 is 5.32 Å². The summed E-state index contributed by atoms with van der Waals surface area (Å²) in [5.74, 6) is -0.270. The molecule has 0 amide bonds. The normalized spacial score (nSPS) is 17.2. The summed E-state index contributed by atoms with van der Waals surface area (Å²) in [6.45, 7) is 2.91. The van der Waals surface area contributed by atoms with E-state index >= 15 is 0 Å². The molecule has 0 unspecified atom stereocenters. The Morgan fingerprint density at radius 3 is 2.88 bits per heavy atom. The quantitative estimate of drug-likeness (QED) is 0.675. The highest BCUT2D eigenvalue weighted by molar-refractivity contribution is 6.31. The Balaban J connectivity index is 1.57. The van der Waals surface area contributed by atoms with Crippen molar-refractivity contribution >= 4 is 22.5 Å². The molecule has 1 aromatic heterocycles.